The molecule has 2 nitrogen and oxygen atoms in total. The van der Waals surface area contributed by atoms with Gasteiger partial charge in [-0.3, -0.25) is 4.90 Å². The largest absolute Gasteiger partial charge is 0.304 e. The minimum Gasteiger partial charge on any atom is -0.304 e. The number of hydrogen-bond donors (Lipinski definition) is 0. The van der Waals surface area contributed by atoms with Crippen LogP contribution in [0, 0.1) is 5.92 Å². The summed E-state index contributed by atoms with van der Waals surface area (Å²) in [6, 6.07) is 1.68. The number of hydrogen-bond acceptors (Lipinski definition) is 2. The highest BCUT2D eigenvalue weighted by Gasteiger charge is 2.33. The van der Waals surface area contributed by atoms with Crippen LogP contribution in [-0.4, -0.2) is 48.6 Å². The van der Waals surface area contributed by atoms with Crippen molar-refractivity contribution in [3.8, 4) is 0 Å². The second kappa shape index (κ2) is 3.58. The molecule has 2 saturated heterocycles. The van der Waals surface area contributed by atoms with Gasteiger partial charge in [-0.1, -0.05) is 6.92 Å². The Balaban J connectivity index is 1.82. The van der Waals surface area contributed by atoms with E-state index in [0.717, 1.165) is 18.0 Å². The van der Waals surface area contributed by atoms with E-state index in [2.05, 4.69) is 30.7 Å². The van der Waals surface area contributed by atoms with E-state index in [4.69, 9.17) is 0 Å². The van der Waals surface area contributed by atoms with Crippen molar-refractivity contribution in [3.63, 3.8) is 0 Å². The highest BCUT2D eigenvalue weighted by molar-refractivity contribution is 4.88. The average molecular weight is 182 g/mol. The molecule has 2 aliphatic heterocycles. The van der Waals surface area contributed by atoms with Gasteiger partial charge in [0.2, 0.25) is 0 Å². The van der Waals surface area contributed by atoms with Crippen molar-refractivity contribution in [2.45, 2.75) is 38.8 Å². The van der Waals surface area contributed by atoms with Crippen LogP contribution >= 0.6 is 0 Å². The lowest BCUT2D eigenvalue weighted by molar-refractivity contribution is 0.0159. The normalized spacial score (nSPS) is 39.0. The second-order valence-corrected chi connectivity index (χ2v) is 5.07. The molecule has 2 heteroatoms. The van der Waals surface area contributed by atoms with Crippen molar-refractivity contribution in [2.75, 3.05) is 26.7 Å². The molecule has 13 heavy (non-hydrogen) atoms. The first-order valence-corrected chi connectivity index (χ1v) is 5.61. The summed E-state index contributed by atoms with van der Waals surface area (Å²) in [5.74, 6) is 0.954. The number of nitrogens with zero attached hydrogens (tertiary/aromatic N) is 2. The predicted molar refractivity (Wildman–Crippen MR) is 55.9 cm³/mol. The van der Waals surface area contributed by atoms with E-state index < -0.39 is 0 Å². The maximum Gasteiger partial charge on any atom is 0.0122 e. The lowest BCUT2D eigenvalue weighted by atomic mass is 9.92. The molecule has 0 aromatic rings. The Kier molecular flexibility index (Phi) is 2.61. The van der Waals surface area contributed by atoms with Gasteiger partial charge in [-0.2, -0.15) is 0 Å². The smallest absolute Gasteiger partial charge is 0.0122 e. The zero-order chi connectivity index (χ0) is 9.42. The van der Waals surface area contributed by atoms with Crippen molar-refractivity contribution in [1.82, 2.24) is 9.80 Å². The van der Waals surface area contributed by atoms with Crippen molar-refractivity contribution < 1.29 is 0 Å². The summed E-state index contributed by atoms with van der Waals surface area (Å²) in [6.45, 7) is 8.70. The Morgan fingerprint density at radius 2 is 1.85 bits per heavy atom. The van der Waals surface area contributed by atoms with Crippen LogP contribution in [0.1, 0.15) is 26.7 Å². The molecule has 0 spiro atoms. The second-order valence-electron chi connectivity index (χ2n) is 5.07. The standard InChI is InChI=1S/C11H22N2/c1-9-7-13(8-9)11-4-5-12(3)10(2)6-11/h9-11H,4-8H2,1-3H3. The molecule has 0 aliphatic carbocycles. The molecule has 0 aromatic heterocycles. The van der Waals surface area contributed by atoms with Gasteiger partial charge in [0.05, 0.1) is 0 Å². The van der Waals surface area contributed by atoms with Gasteiger partial charge in [0.25, 0.3) is 0 Å². The molecule has 0 radical (unpaired) electrons. The Labute approximate surface area is 81.9 Å². The fraction of sp³-hybridized carbons (Fsp3) is 1.00. The molecule has 2 fully saturated rings. The summed E-state index contributed by atoms with van der Waals surface area (Å²) in [7, 11) is 2.25. The van der Waals surface area contributed by atoms with Gasteiger partial charge in [-0.15, -0.1) is 0 Å². The fourth-order valence-corrected chi connectivity index (χ4v) is 2.64. The molecule has 2 rings (SSSR count). The van der Waals surface area contributed by atoms with Crippen LogP contribution in [0.2, 0.25) is 0 Å². The molecule has 2 aliphatic rings. The van der Waals surface area contributed by atoms with Crippen LogP contribution in [0.5, 0.6) is 0 Å². The van der Waals surface area contributed by atoms with Crippen LogP contribution in [0.15, 0.2) is 0 Å². The molecule has 0 N–H and O–H groups in total. The molecule has 76 valence electrons. The maximum absolute atomic E-state index is 2.67. The molecular formula is C11H22N2. The Hall–Kier alpha value is -0.0800. The van der Waals surface area contributed by atoms with Crippen LogP contribution in [0.3, 0.4) is 0 Å². The summed E-state index contributed by atoms with van der Waals surface area (Å²) in [5, 5.41) is 0. The monoisotopic (exact) mass is 182 g/mol. The van der Waals surface area contributed by atoms with Crippen molar-refractivity contribution >= 4 is 0 Å². The third-order valence-corrected chi connectivity index (χ3v) is 3.79. The molecule has 0 aromatic carbocycles. The van der Waals surface area contributed by atoms with E-state index in [1.54, 1.807) is 0 Å². The van der Waals surface area contributed by atoms with E-state index in [-0.39, 0.29) is 0 Å². The Morgan fingerprint density at radius 1 is 1.15 bits per heavy atom. The van der Waals surface area contributed by atoms with Crippen molar-refractivity contribution in [2.24, 2.45) is 5.92 Å². The SMILES string of the molecule is CC1CN(C2CCN(C)C(C)C2)C1. The van der Waals surface area contributed by atoms with E-state index in [0.29, 0.717) is 0 Å². The minimum atomic E-state index is 0.787. The van der Waals surface area contributed by atoms with Crippen LogP contribution in [-0.2, 0) is 0 Å². The topological polar surface area (TPSA) is 6.48 Å². The first-order valence-electron chi connectivity index (χ1n) is 5.61. The number of rotatable bonds is 1. The van der Waals surface area contributed by atoms with Gasteiger partial charge in [-0.05, 0) is 39.3 Å². The van der Waals surface area contributed by atoms with Gasteiger partial charge in [0.1, 0.15) is 0 Å². The molecule has 0 amide bonds. The Bertz CT molecular complexity index is 175. The number of piperidine rings is 1. The van der Waals surface area contributed by atoms with E-state index >= 15 is 0 Å². The summed E-state index contributed by atoms with van der Waals surface area (Å²) in [6.07, 6.45) is 2.76. The van der Waals surface area contributed by atoms with E-state index in [1.165, 1.54) is 32.5 Å². The van der Waals surface area contributed by atoms with Gasteiger partial charge in [0.15, 0.2) is 0 Å². The lowest BCUT2D eigenvalue weighted by Gasteiger charge is -2.47. The average Bonchev–Trinajstić information content (AvgIpc) is 2.05. The van der Waals surface area contributed by atoms with Crippen LogP contribution < -0.4 is 0 Å². The third kappa shape index (κ3) is 1.89. The van der Waals surface area contributed by atoms with Crippen LogP contribution in [0.4, 0.5) is 0 Å². The zero-order valence-electron chi connectivity index (χ0n) is 9.16. The van der Waals surface area contributed by atoms with E-state index in [9.17, 15) is 0 Å². The summed E-state index contributed by atoms with van der Waals surface area (Å²) in [5.41, 5.74) is 0. The third-order valence-electron chi connectivity index (χ3n) is 3.79. The zero-order valence-corrected chi connectivity index (χ0v) is 9.16. The highest BCUT2D eigenvalue weighted by atomic mass is 15.2. The van der Waals surface area contributed by atoms with Crippen molar-refractivity contribution in [3.05, 3.63) is 0 Å². The molecule has 2 heterocycles. The highest BCUT2D eigenvalue weighted by Crippen LogP contribution is 2.26. The van der Waals surface area contributed by atoms with Crippen molar-refractivity contribution in [1.29, 1.82) is 0 Å². The van der Waals surface area contributed by atoms with Crippen LogP contribution in [0.25, 0.3) is 0 Å². The van der Waals surface area contributed by atoms with Gasteiger partial charge in [-0.25, -0.2) is 0 Å². The summed E-state index contributed by atoms with van der Waals surface area (Å²) >= 11 is 0. The van der Waals surface area contributed by atoms with Gasteiger partial charge < -0.3 is 4.90 Å². The van der Waals surface area contributed by atoms with Gasteiger partial charge in [0, 0.05) is 25.2 Å². The molecular weight excluding hydrogens is 160 g/mol. The Morgan fingerprint density at radius 3 is 2.38 bits per heavy atom. The first-order chi connectivity index (χ1) is 6.16. The summed E-state index contributed by atoms with van der Waals surface area (Å²) < 4.78 is 0. The lowest BCUT2D eigenvalue weighted by Crippen LogP contribution is -2.55. The number of likely N-dealkylation sites (tertiary alicyclic amines) is 2. The van der Waals surface area contributed by atoms with E-state index in [1.807, 2.05) is 0 Å². The molecule has 2 unspecified atom stereocenters. The molecule has 2 atom stereocenters. The minimum absolute atomic E-state index is 0.787. The fourth-order valence-electron chi connectivity index (χ4n) is 2.64. The quantitative estimate of drug-likeness (QED) is 0.605. The molecule has 0 saturated carbocycles. The molecule has 0 bridgehead atoms. The summed E-state index contributed by atoms with van der Waals surface area (Å²) in [4.78, 5) is 5.16. The first kappa shape index (κ1) is 9.47. The van der Waals surface area contributed by atoms with Gasteiger partial charge >= 0.3 is 0 Å². The maximum atomic E-state index is 2.67. The predicted octanol–water partition coefficient (Wildman–Crippen LogP) is 1.42.